The van der Waals surface area contributed by atoms with E-state index in [1.165, 1.54) is 0 Å². The minimum absolute atomic E-state index is 0. The lowest BCUT2D eigenvalue weighted by atomic mass is 12.0. The molecule has 0 fully saturated rings. The Labute approximate surface area is 29.1 Å². The fraction of sp³-hybridized carbons (Fsp3) is 0. The van der Waals surface area contributed by atoms with Crippen LogP contribution >= 0.6 is 0 Å². The van der Waals surface area contributed by atoms with Crippen LogP contribution in [-0.2, 0) is 0 Å². The molecule has 0 atom stereocenters. The fourth-order valence-corrected chi connectivity index (χ4v) is 0. The van der Waals surface area contributed by atoms with E-state index in [1.54, 1.807) is 0 Å². The summed E-state index contributed by atoms with van der Waals surface area (Å²) in [5, 5.41) is 12.5. The van der Waals surface area contributed by atoms with Crippen molar-refractivity contribution >= 4 is 0 Å². The maximum atomic E-state index is 8.47. The van der Waals surface area contributed by atoms with Crippen molar-refractivity contribution in [1.29, 1.82) is 0 Å². The van der Waals surface area contributed by atoms with Crippen LogP contribution in [0.15, 0.2) is 0 Å². The second kappa shape index (κ2) is 3.07. The highest BCUT2D eigenvalue weighted by Crippen LogP contribution is 1.31. The minimum Gasteiger partial charge on any atom is -0.201 e. The third-order valence-electron chi connectivity index (χ3n) is 0. The second-order valence-corrected chi connectivity index (χ2v) is 0.253. The van der Waals surface area contributed by atoms with Crippen molar-refractivity contribution in [2.45, 2.75) is 0 Å². The molecule has 0 aliphatic carbocycles. The molecule has 30 valence electrons. The molecule has 0 aliphatic rings. The molecule has 0 amide bonds. The van der Waals surface area contributed by atoms with Crippen LogP contribution in [0.25, 0.3) is 0 Å². The number of rotatable bonds is 0. The van der Waals surface area contributed by atoms with Gasteiger partial charge in [-0.1, -0.05) is 0 Å². The maximum absolute atomic E-state index is 8.47. The van der Waals surface area contributed by atoms with E-state index in [1.807, 2.05) is 0 Å². The van der Waals surface area contributed by atoms with E-state index in [9.17, 15) is 0 Å². The predicted octanol–water partition coefficient (Wildman–Crippen LogP) is -0.00601. The Bertz CT molecular complexity index is 29.9. The van der Waals surface area contributed by atoms with E-state index >= 15 is 0 Å². The average Bonchev–Trinajstić information content (AvgIpc) is 0.811. The first-order valence-corrected chi connectivity index (χ1v) is 0.583. The summed E-state index contributed by atoms with van der Waals surface area (Å²) in [4.78, 5) is 8.47. The van der Waals surface area contributed by atoms with E-state index in [-0.39, 0.29) is 7.43 Å². The Balaban J connectivity index is 0. The minimum atomic E-state index is -1.25. The van der Waals surface area contributed by atoms with Crippen LogP contribution in [0.2, 0.25) is 0 Å². The van der Waals surface area contributed by atoms with Gasteiger partial charge in [0, 0.05) is 7.43 Å². The molecule has 0 unspecified atom stereocenters. The highest BCUT2D eigenvalue weighted by Gasteiger charge is 1.78. The molecule has 2 N–H and O–H groups in total. The van der Waals surface area contributed by atoms with E-state index in [4.69, 9.17) is 15.3 Å². The zero-order valence-corrected chi connectivity index (χ0v) is 2.75. The molecule has 0 rings (SSSR count). The lowest BCUT2D eigenvalue weighted by Crippen LogP contribution is -1.87. The van der Waals surface area contributed by atoms with E-state index in [2.05, 4.69) is 0 Å². The van der Waals surface area contributed by atoms with E-state index < -0.39 is 5.09 Å². The molecule has 0 saturated heterocycles. The summed E-state index contributed by atoms with van der Waals surface area (Å²) in [6.07, 6.45) is 0. The van der Waals surface area contributed by atoms with Gasteiger partial charge in [-0.05, 0) is 0 Å². The lowest BCUT2D eigenvalue weighted by molar-refractivity contribution is -0.969. The van der Waals surface area contributed by atoms with Crippen molar-refractivity contribution in [2.75, 3.05) is 0 Å². The quantitative estimate of drug-likeness (QED) is 0.317. The molecule has 5 heavy (non-hydrogen) atoms. The number of hydrogen-bond donors (Lipinski definition) is 2. The molecule has 4 nitrogen and oxygen atoms in total. The maximum Gasteiger partial charge on any atom is 0.472 e. The third kappa shape index (κ3) is 4.06. The molecule has 0 radical (unpaired) electrons. The first-order valence-electron chi connectivity index (χ1n) is 0.583. The fourth-order valence-electron chi connectivity index (χ4n) is 0. The summed E-state index contributed by atoms with van der Waals surface area (Å²) >= 11 is 0. The molecular formula is CH5NO3+2. The standard InChI is InChI=1S/CH3.H2NO3/c;2-1(3)4/h1H3;(H2,2,3,4)/q2*+1. The summed E-state index contributed by atoms with van der Waals surface area (Å²) < 4.78 is 0. The van der Waals surface area contributed by atoms with Crippen molar-refractivity contribution in [3.8, 4) is 0 Å². The summed E-state index contributed by atoms with van der Waals surface area (Å²) in [6.45, 7) is 0. The zero-order chi connectivity index (χ0) is 3.58. The van der Waals surface area contributed by atoms with Crippen molar-refractivity contribution in [3.63, 3.8) is 0 Å². The first kappa shape index (κ1) is 8.95. The molecule has 0 bridgehead atoms. The van der Waals surface area contributed by atoms with Crippen molar-refractivity contribution < 1.29 is 15.5 Å². The van der Waals surface area contributed by atoms with Crippen LogP contribution in [0, 0.1) is 12.3 Å². The lowest BCUT2D eigenvalue weighted by Gasteiger charge is -1.45. The van der Waals surface area contributed by atoms with E-state index in [0.717, 1.165) is 0 Å². The van der Waals surface area contributed by atoms with Gasteiger partial charge in [-0.15, -0.1) is 0 Å². The van der Waals surface area contributed by atoms with Crippen LogP contribution in [0.5, 0.6) is 0 Å². The van der Waals surface area contributed by atoms with Gasteiger partial charge in [-0.2, -0.15) is 0 Å². The van der Waals surface area contributed by atoms with Crippen LogP contribution in [0.3, 0.4) is 0 Å². The summed E-state index contributed by atoms with van der Waals surface area (Å²) in [6, 6.07) is 0. The predicted molar refractivity (Wildman–Crippen MR) is 13.6 cm³/mol. The van der Waals surface area contributed by atoms with Crippen LogP contribution in [0.4, 0.5) is 0 Å². The summed E-state index contributed by atoms with van der Waals surface area (Å²) in [7, 11) is 0. The molecule has 0 aromatic heterocycles. The van der Waals surface area contributed by atoms with Gasteiger partial charge in [-0.3, -0.25) is 0 Å². The van der Waals surface area contributed by atoms with Crippen LogP contribution < -0.4 is 0 Å². The topological polar surface area (TPSA) is 60.5 Å². The van der Waals surface area contributed by atoms with Gasteiger partial charge < -0.3 is 0 Å². The summed E-state index contributed by atoms with van der Waals surface area (Å²) in [5.74, 6) is 0. The molecule has 0 heterocycles. The van der Waals surface area contributed by atoms with Gasteiger partial charge in [0.2, 0.25) is 0 Å². The van der Waals surface area contributed by atoms with Crippen molar-refractivity contribution in [2.24, 2.45) is 0 Å². The van der Waals surface area contributed by atoms with E-state index in [0.29, 0.717) is 0 Å². The van der Waals surface area contributed by atoms with Gasteiger partial charge in [-0.25, -0.2) is 10.4 Å². The second-order valence-electron chi connectivity index (χ2n) is 0.253. The molecule has 0 spiro atoms. The Morgan fingerprint density at radius 3 is 1.40 bits per heavy atom. The van der Waals surface area contributed by atoms with Gasteiger partial charge in [0.1, 0.15) is 4.91 Å². The smallest absolute Gasteiger partial charge is 0.201 e. The Morgan fingerprint density at radius 2 is 1.40 bits per heavy atom. The largest absolute Gasteiger partial charge is 0.472 e. The van der Waals surface area contributed by atoms with Gasteiger partial charge in [0.05, 0.1) is 0 Å². The first-order chi connectivity index (χ1) is 1.73. The van der Waals surface area contributed by atoms with Gasteiger partial charge in [0.25, 0.3) is 0 Å². The summed E-state index contributed by atoms with van der Waals surface area (Å²) in [5.41, 5.74) is 0. The molecular weight excluding hydrogens is 74.0 g/mol. The average molecular weight is 79.1 g/mol. The van der Waals surface area contributed by atoms with Crippen molar-refractivity contribution in [1.82, 2.24) is 0 Å². The molecule has 0 aromatic carbocycles. The Hall–Kier alpha value is -0.930. The molecule has 0 aliphatic heterocycles. The highest BCUT2D eigenvalue weighted by atomic mass is 16.9. The number of hydrogen-bond acceptors (Lipinski definition) is 1. The Kier molecular flexibility index (Phi) is 5.50. The molecule has 0 aromatic rings. The third-order valence-corrected chi connectivity index (χ3v) is 0. The SMILES string of the molecule is O=[N+](O)O.[CH3+]. The van der Waals surface area contributed by atoms with Gasteiger partial charge >= 0.3 is 5.09 Å². The monoisotopic (exact) mass is 79.0 g/mol. The Morgan fingerprint density at radius 1 is 1.40 bits per heavy atom. The number of nitrogens with zero attached hydrogens (tertiary/aromatic N) is 1. The molecule has 4 heteroatoms. The van der Waals surface area contributed by atoms with Crippen LogP contribution in [0.1, 0.15) is 0 Å². The zero-order valence-electron chi connectivity index (χ0n) is 2.75. The van der Waals surface area contributed by atoms with Crippen LogP contribution in [-0.4, -0.2) is 15.5 Å². The van der Waals surface area contributed by atoms with Gasteiger partial charge in [0.15, 0.2) is 0 Å². The van der Waals surface area contributed by atoms with Crippen molar-refractivity contribution in [3.05, 3.63) is 12.3 Å². The normalized spacial score (nSPS) is 4.80. The molecule has 0 saturated carbocycles. The highest BCUT2D eigenvalue weighted by molar-refractivity contribution is 3.56.